The maximum absolute atomic E-state index is 12.7. The molecule has 1 heterocycles. The number of nitrogens with two attached hydrogens (primary N) is 1. The molecule has 37 heavy (non-hydrogen) atoms. The van der Waals surface area contributed by atoms with Crippen LogP contribution in [-0.2, 0) is 9.53 Å². The number of rotatable bonds is 8. The Labute approximate surface area is 219 Å². The lowest BCUT2D eigenvalue weighted by molar-refractivity contribution is -0.246. The number of piperidine rings is 1. The molecule has 8 nitrogen and oxygen atoms in total. The molecule has 2 aromatic rings. The minimum Gasteiger partial charge on any atom is -0.449 e. The largest absolute Gasteiger partial charge is 0.449 e. The molecular formula is C29H40N4O4. The molecule has 0 unspecified atom stereocenters. The molecule has 2 aliphatic rings. The molecular weight excluding hydrogens is 468 g/mol. The average molecular weight is 509 g/mol. The number of amides is 2. The van der Waals surface area contributed by atoms with E-state index in [1.165, 1.54) is 27.3 Å². The Hall–Kier alpha value is -2.94. The SMILES string of the molecule is CC1(C)CC(NC(=O)[C@@H](N)CCCNC(=O)OCC2c3ccccc3-c3ccccc32)CC(C)(C)N1O. The summed E-state index contributed by atoms with van der Waals surface area (Å²) < 4.78 is 5.56. The van der Waals surface area contributed by atoms with Crippen molar-refractivity contribution in [2.45, 2.75) is 82.5 Å². The van der Waals surface area contributed by atoms with E-state index >= 15 is 0 Å². The van der Waals surface area contributed by atoms with E-state index < -0.39 is 23.2 Å². The molecule has 1 atom stereocenters. The molecule has 0 bridgehead atoms. The Kier molecular flexibility index (Phi) is 7.92. The minimum atomic E-state index is -0.664. The number of nitrogens with zero attached hydrogens (tertiary/aromatic N) is 1. The topological polar surface area (TPSA) is 117 Å². The second-order valence-corrected chi connectivity index (χ2v) is 11.6. The molecule has 200 valence electrons. The van der Waals surface area contributed by atoms with Gasteiger partial charge in [-0.2, -0.15) is 5.06 Å². The third-order valence-corrected chi connectivity index (χ3v) is 7.63. The van der Waals surface area contributed by atoms with Crippen LogP contribution < -0.4 is 16.4 Å². The van der Waals surface area contributed by atoms with Crippen LogP contribution in [0, 0.1) is 0 Å². The molecule has 0 saturated carbocycles. The molecule has 1 fully saturated rings. The molecule has 1 aliphatic carbocycles. The third-order valence-electron chi connectivity index (χ3n) is 7.63. The smallest absolute Gasteiger partial charge is 0.407 e. The fourth-order valence-corrected chi connectivity index (χ4v) is 5.97. The Morgan fingerprint density at radius 2 is 1.57 bits per heavy atom. The molecule has 2 amide bonds. The number of benzene rings is 2. The van der Waals surface area contributed by atoms with E-state index in [0.29, 0.717) is 32.2 Å². The van der Waals surface area contributed by atoms with Gasteiger partial charge in [-0.05, 0) is 75.6 Å². The highest BCUT2D eigenvalue weighted by atomic mass is 16.5. The Morgan fingerprint density at radius 3 is 2.14 bits per heavy atom. The first-order valence-corrected chi connectivity index (χ1v) is 13.1. The summed E-state index contributed by atoms with van der Waals surface area (Å²) in [6.07, 6.45) is 1.80. The fraction of sp³-hybridized carbons (Fsp3) is 0.517. The van der Waals surface area contributed by atoms with Gasteiger partial charge in [0.2, 0.25) is 5.91 Å². The number of alkyl carbamates (subject to hydrolysis) is 1. The van der Waals surface area contributed by atoms with E-state index in [-0.39, 0.29) is 24.5 Å². The van der Waals surface area contributed by atoms with Crippen molar-refractivity contribution in [3.05, 3.63) is 59.7 Å². The highest BCUT2D eigenvalue weighted by Gasteiger charge is 2.45. The zero-order valence-electron chi connectivity index (χ0n) is 22.3. The number of nitrogens with one attached hydrogen (secondary N) is 2. The second-order valence-electron chi connectivity index (χ2n) is 11.6. The second kappa shape index (κ2) is 10.8. The number of carbonyl (C=O) groups is 2. The first kappa shape index (κ1) is 27.1. The maximum atomic E-state index is 12.7. The predicted octanol–water partition coefficient (Wildman–Crippen LogP) is 4.16. The van der Waals surface area contributed by atoms with Crippen LogP contribution in [0.3, 0.4) is 0 Å². The molecule has 4 rings (SSSR count). The number of carbonyl (C=O) groups excluding carboxylic acids is 2. The summed E-state index contributed by atoms with van der Waals surface area (Å²) >= 11 is 0. The minimum absolute atomic E-state index is 0.0166. The van der Waals surface area contributed by atoms with Gasteiger partial charge in [0.05, 0.1) is 6.04 Å². The zero-order chi connectivity index (χ0) is 26.8. The van der Waals surface area contributed by atoms with Crippen molar-refractivity contribution in [2.75, 3.05) is 13.2 Å². The van der Waals surface area contributed by atoms with Gasteiger partial charge >= 0.3 is 6.09 Å². The van der Waals surface area contributed by atoms with Crippen molar-refractivity contribution < 1.29 is 19.5 Å². The van der Waals surface area contributed by atoms with Gasteiger partial charge in [-0.1, -0.05) is 48.5 Å². The van der Waals surface area contributed by atoms with Gasteiger partial charge in [-0.15, -0.1) is 0 Å². The highest BCUT2D eigenvalue weighted by Crippen LogP contribution is 2.44. The van der Waals surface area contributed by atoms with Crippen LogP contribution in [0.4, 0.5) is 4.79 Å². The van der Waals surface area contributed by atoms with Crippen molar-refractivity contribution in [3.8, 4) is 11.1 Å². The summed E-state index contributed by atoms with van der Waals surface area (Å²) in [5.74, 6) is -0.188. The molecule has 0 spiro atoms. The Balaban J connectivity index is 1.19. The standard InChI is InChI=1S/C29H40N4O4/c1-28(2)16-19(17-29(3,4)33(28)36)32-26(34)25(30)14-9-15-31-27(35)37-18-24-22-12-7-5-10-20(22)21-11-6-8-13-23(21)24/h5-8,10-13,19,24-25,36H,9,14-18,30H2,1-4H3,(H,31,35)(H,32,34)/t25-/m0/s1. The normalized spacial score (nSPS) is 19.5. The van der Waals surface area contributed by atoms with Crippen molar-refractivity contribution in [1.82, 2.24) is 15.7 Å². The van der Waals surface area contributed by atoms with Gasteiger partial charge < -0.3 is 26.3 Å². The van der Waals surface area contributed by atoms with E-state index in [0.717, 1.165) is 0 Å². The van der Waals surface area contributed by atoms with Crippen LogP contribution in [0.25, 0.3) is 11.1 Å². The lowest BCUT2D eigenvalue weighted by Crippen LogP contribution is -2.63. The molecule has 8 heteroatoms. The molecule has 1 saturated heterocycles. The Bertz CT molecular complexity index is 1070. The summed E-state index contributed by atoms with van der Waals surface area (Å²) in [6, 6.07) is 15.7. The van der Waals surface area contributed by atoms with Crippen LogP contribution in [-0.4, -0.2) is 58.6 Å². The number of hydrogen-bond donors (Lipinski definition) is 4. The number of hydrogen-bond acceptors (Lipinski definition) is 6. The van der Waals surface area contributed by atoms with Crippen LogP contribution in [0.5, 0.6) is 0 Å². The lowest BCUT2D eigenvalue weighted by atomic mass is 9.79. The number of ether oxygens (including phenoxy) is 1. The van der Waals surface area contributed by atoms with Gasteiger partial charge in [0, 0.05) is 29.6 Å². The van der Waals surface area contributed by atoms with Crippen LogP contribution in [0.1, 0.15) is 70.4 Å². The van der Waals surface area contributed by atoms with E-state index in [4.69, 9.17) is 10.5 Å². The van der Waals surface area contributed by atoms with Gasteiger partial charge in [-0.3, -0.25) is 4.79 Å². The summed E-state index contributed by atoms with van der Waals surface area (Å²) in [7, 11) is 0. The van der Waals surface area contributed by atoms with Gasteiger partial charge in [-0.25, -0.2) is 4.79 Å². The van der Waals surface area contributed by atoms with Gasteiger partial charge in [0.25, 0.3) is 0 Å². The Morgan fingerprint density at radius 1 is 1.03 bits per heavy atom. The average Bonchev–Trinajstić information content (AvgIpc) is 3.17. The number of hydroxylamine groups is 2. The van der Waals surface area contributed by atoms with Crippen molar-refractivity contribution in [2.24, 2.45) is 5.73 Å². The van der Waals surface area contributed by atoms with Crippen molar-refractivity contribution >= 4 is 12.0 Å². The first-order chi connectivity index (χ1) is 17.5. The molecule has 0 radical (unpaired) electrons. The number of fused-ring (bicyclic) bond motifs is 3. The van der Waals surface area contributed by atoms with E-state index in [1.54, 1.807) is 0 Å². The van der Waals surface area contributed by atoms with Gasteiger partial charge in [0.15, 0.2) is 0 Å². The van der Waals surface area contributed by atoms with E-state index in [9.17, 15) is 14.8 Å². The third kappa shape index (κ3) is 5.98. The quantitative estimate of drug-likeness (QED) is 0.398. The van der Waals surface area contributed by atoms with Crippen LogP contribution in [0.2, 0.25) is 0 Å². The lowest BCUT2D eigenvalue weighted by Gasteiger charge is -2.51. The maximum Gasteiger partial charge on any atom is 0.407 e. The van der Waals surface area contributed by atoms with E-state index in [2.05, 4.69) is 34.9 Å². The van der Waals surface area contributed by atoms with Crippen LogP contribution in [0.15, 0.2) is 48.5 Å². The fourth-order valence-electron chi connectivity index (χ4n) is 5.97. The summed E-state index contributed by atoms with van der Waals surface area (Å²) in [5, 5.41) is 17.7. The highest BCUT2D eigenvalue weighted by molar-refractivity contribution is 5.82. The van der Waals surface area contributed by atoms with Crippen molar-refractivity contribution in [3.63, 3.8) is 0 Å². The monoisotopic (exact) mass is 508 g/mol. The zero-order valence-corrected chi connectivity index (χ0v) is 22.3. The van der Waals surface area contributed by atoms with E-state index in [1.807, 2.05) is 52.0 Å². The predicted molar refractivity (Wildman–Crippen MR) is 143 cm³/mol. The molecule has 2 aromatic carbocycles. The molecule has 0 aromatic heterocycles. The molecule has 5 N–H and O–H groups in total. The summed E-state index contributed by atoms with van der Waals surface area (Å²) in [5.41, 5.74) is 9.95. The van der Waals surface area contributed by atoms with Crippen molar-refractivity contribution in [1.29, 1.82) is 0 Å². The summed E-state index contributed by atoms with van der Waals surface area (Å²) in [4.78, 5) is 25.0. The molecule has 1 aliphatic heterocycles. The summed E-state index contributed by atoms with van der Waals surface area (Å²) in [6.45, 7) is 8.48. The van der Waals surface area contributed by atoms with Crippen LogP contribution >= 0.6 is 0 Å². The first-order valence-electron chi connectivity index (χ1n) is 13.1. The van der Waals surface area contributed by atoms with Gasteiger partial charge in [0.1, 0.15) is 6.61 Å².